The van der Waals surface area contributed by atoms with E-state index >= 15 is 0 Å². The van der Waals surface area contributed by atoms with Crippen molar-refractivity contribution in [3.63, 3.8) is 0 Å². The van der Waals surface area contributed by atoms with Gasteiger partial charge in [-0.05, 0) is 42.8 Å². The number of aromatic nitrogens is 1. The minimum Gasteiger partial charge on any atom is -0.493 e. The van der Waals surface area contributed by atoms with Crippen LogP contribution < -0.4 is 14.2 Å². The number of hydrogen-bond donors (Lipinski definition) is 0. The van der Waals surface area contributed by atoms with E-state index in [1.54, 1.807) is 51.7 Å². The van der Waals surface area contributed by atoms with E-state index in [2.05, 4.69) is 4.98 Å². The molecule has 1 aromatic heterocycles. The second kappa shape index (κ2) is 8.98. The molecule has 0 fully saturated rings. The van der Waals surface area contributed by atoms with Gasteiger partial charge in [-0.2, -0.15) is 0 Å². The van der Waals surface area contributed by atoms with Crippen LogP contribution in [0.15, 0.2) is 65.1 Å². The smallest absolute Gasteiger partial charge is 0.231 e. The number of carbonyl (C=O) groups is 1. The Hall–Kier alpha value is -4.06. The lowest BCUT2D eigenvalue weighted by atomic mass is 9.99. The first-order valence-corrected chi connectivity index (χ1v) is 10.0. The highest BCUT2D eigenvalue weighted by atomic mass is 16.5. The molecular formula is C26H23NO5. The maximum atomic E-state index is 13.5. The predicted octanol–water partition coefficient (Wildman–Crippen LogP) is 5.59. The molecule has 0 amide bonds. The second-order valence-corrected chi connectivity index (χ2v) is 7.20. The Morgan fingerprint density at radius 3 is 2.16 bits per heavy atom. The van der Waals surface area contributed by atoms with Crippen LogP contribution in [0, 0.1) is 6.92 Å². The van der Waals surface area contributed by atoms with Crippen LogP contribution in [-0.4, -0.2) is 32.1 Å². The molecule has 0 spiro atoms. The van der Waals surface area contributed by atoms with Gasteiger partial charge in [0.2, 0.25) is 11.6 Å². The molecule has 4 aromatic rings. The van der Waals surface area contributed by atoms with Crippen LogP contribution in [0.4, 0.5) is 0 Å². The van der Waals surface area contributed by atoms with Gasteiger partial charge in [-0.25, -0.2) is 4.98 Å². The molecular weight excluding hydrogens is 406 g/mol. The third-order valence-electron chi connectivity index (χ3n) is 5.08. The topological polar surface area (TPSA) is 70.8 Å². The molecule has 4 rings (SSSR count). The van der Waals surface area contributed by atoms with Gasteiger partial charge in [0.15, 0.2) is 22.9 Å². The average Bonchev–Trinajstić information content (AvgIpc) is 3.25. The van der Waals surface area contributed by atoms with Gasteiger partial charge in [-0.1, -0.05) is 42.0 Å². The number of ether oxygens (including phenoxy) is 3. The first kappa shape index (κ1) is 21.2. The fourth-order valence-corrected chi connectivity index (χ4v) is 3.42. The van der Waals surface area contributed by atoms with Gasteiger partial charge < -0.3 is 18.6 Å². The summed E-state index contributed by atoms with van der Waals surface area (Å²) in [6.07, 6.45) is 1.72. The van der Waals surface area contributed by atoms with Crippen molar-refractivity contribution in [2.75, 3.05) is 21.3 Å². The highest BCUT2D eigenvalue weighted by Gasteiger charge is 2.21. The molecule has 0 unspecified atom stereocenters. The van der Waals surface area contributed by atoms with Gasteiger partial charge in [0, 0.05) is 5.56 Å². The molecule has 6 nitrogen and oxygen atoms in total. The van der Waals surface area contributed by atoms with E-state index in [0.29, 0.717) is 45.0 Å². The highest BCUT2D eigenvalue weighted by molar-refractivity contribution is 6.31. The zero-order valence-corrected chi connectivity index (χ0v) is 18.3. The number of benzene rings is 3. The molecule has 0 saturated heterocycles. The van der Waals surface area contributed by atoms with Crippen molar-refractivity contribution in [2.45, 2.75) is 6.92 Å². The fraction of sp³-hybridized carbons (Fsp3) is 0.154. The van der Waals surface area contributed by atoms with Crippen LogP contribution in [0.5, 0.6) is 17.2 Å². The first-order chi connectivity index (χ1) is 15.5. The molecule has 0 aliphatic heterocycles. The largest absolute Gasteiger partial charge is 0.493 e. The van der Waals surface area contributed by atoms with Crippen LogP contribution in [0.25, 0.3) is 22.7 Å². The summed E-state index contributed by atoms with van der Waals surface area (Å²) in [7, 11) is 4.63. The number of carbonyl (C=O) groups excluding carboxylic acids is 1. The zero-order valence-electron chi connectivity index (χ0n) is 18.3. The summed E-state index contributed by atoms with van der Waals surface area (Å²) in [5, 5.41) is 0. The summed E-state index contributed by atoms with van der Waals surface area (Å²) in [6.45, 7) is 1.97. The van der Waals surface area contributed by atoms with E-state index in [0.717, 1.165) is 5.56 Å². The number of allylic oxidation sites excluding steroid dienone is 1. The fourth-order valence-electron chi connectivity index (χ4n) is 3.42. The maximum Gasteiger partial charge on any atom is 0.231 e. The molecule has 0 bridgehead atoms. The Balaban J connectivity index is 1.90. The number of hydrogen-bond acceptors (Lipinski definition) is 6. The minimum atomic E-state index is -0.203. The summed E-state index contributed by atoms with van der Waals surface area (Å²) in [6, 6.07) is 18.3. The Kier molecular flexibility index (Phi) is 5.94. The van der Waals surface area contributed by atoms with Gasteiger partial charge in [-0.3, -0.25) is 4.79 Å². The molecule has 162 valence electrons. The number of fused-ring (bicyclic) bond motifs is 1. The van der Waals surface area contributed by atoms with Gasteiger partial charge >= 0.3 is 0 Å². The molecule has 6 heteroatoms. The molecule has 0 saturated carbocycles. The third-order valence-corrected chi connectivity index (χ3v) is 5.08. The van der Waals surface area contributed by atoms with E-state index < -0.39 is 0 Å². The predicted molar refractivity (Wildman–Crippen MR) is 123 cm³/mol. The zero-order chi connectivity index (χ0) is 22.7. The molecule has 0 aliphatic rings. The normalized spacial score (nSPS) is 11.4. The molecule has 1 heterocycles. The van der Waals surface area contributed by atoms with Crippen LogP contribution in [0.2, 0.25) is 0 Å². The Morgan fingerprint density at radius 1 is 0.906 bits per heavy atom. The third kappa shape index (κ3) is 4.07. The molecule has 32 heavy (non-hydrogen) atoms. The van der Waals surface area contributed by atoms with Crippen molar-refractivity contribution in [3.05, 3.63) is 83.2 Å². The van der Waals surface area contributed by atoms with Crippen LogP contribution in [0.3, 0.4) is 0 Å². The number of oxazole rings is 1. The number of ketones is 1. The van der Waals surface area contributed by atoms with Crippen LogP contribution in [0.1, 0.15) is 27.4 Å². The van der Waals surface area contributed by atoms with Crippen LogP contribution in [-0.2, 0) is 0 Å². The van der Waals surface area contributed by atoms with Crippen molar-refractivity contribution < 1.29 is 23.4 Å². The summed E-state index contributed by atoms with van der Waals surface area (Å²) in [4.78, 5) is 18.1. The lowest BCUT2D eigenvalue weighted by Crippen LogP contribution is -2.03. The second-order valence-electron chi connectivity index (χ2n) is 7.20. The Bertz CT molecular complexity index is 1240. The number of Topliss-reactive ketones (excluding diaryl/α,β-unsaturated/α-hetero) is 1. The number of methoxy groups -OCH3 is 3. The number of nitrogens with zero attached hydrogens (tertiary/aromatic N) is 1. The summed E-state index contributed by atoms with van der Waals surface area (Å²) in [5.74, 6) is 1.48. The molecule has 0 radical (unpaired) electrons. The monoisotopic (exact) mass is 429 g/mol. The van der Waals surface area contributed by atoms with Crippen LogP contribution >= 0.6 is 0 Å². The lowest BCUT2D eigenvalue weighted by Gasteiger charge is -2.13. The standard InChI is InChI=1S/C26H23NO5/c1-16-9-11-18(12-10-16)24(28)19(26-27-20-7-5-6-8-21(20)32-26)13-17-14-22(29-2)25(31-4)23(15-17)30-3/h5-15H,1-4H3/b19-13-. The summed E-state index contributed by atoms with van der Waals surface area (Å²) in [5.41, 5.74) is 3.89. The molecule has 0 atom stereocenters. The molecule has 0 aliphatic carbocycles. The van der Waals surface area contributed by atoms with E-state index in [9.17, 15) is 4.79 Å². The van der Waals surface area contributed by atoms with Gasteiger partial charge in [-0.15, -0.1) is 0 Å². The minimum absolute atomic E-state index is 0.203. The Labute approximate surface area is 186 Å². The highest BCUT2D eigenvalue weighted by Crippen LogP contribution is 2.39. The van der Waals surface area contributed by atoms with Crippen molar-refractivity contribution in [1.29, 1.82) is 0 Å². The van der Waals surface area contributed by atoms with E-state index in [4.69, 9.17) is 18.6 Å². The van der Waals surface area contributed by atoms with Crippen molar-refractivity contribution >= 4 is 28.5 Å². The van der Waals surface area contributed by atoms with Crippen molar-refractivity contribution in [1.82, 2.24) is 4.98 Å². The quantitative estimate of drug-likeness (QED) is 0.282. The van der Waals surface area contributed by atoms with Gasteiger partial charge in [0.05, 0.1) is 26.9 Å². The van der Waals surface area contributed by atoms with Gasteiger partial charge in [0.1, 0.15) is 5.52 Å². The lowest BCUT2D eigenvalue weighted by molar-refractivity contribution is 0.105. The number of para-hydroxylation sites is 2. The van der Waals surface area contributed by atoms with Gasteiger partial charge in [0.25, 0.3) is 0 Å². The Morgan fingerprint density at radius 2 is 1.56 bits per heavy atom. The average molecular weight is 429 g/mol. The molecule has 0 N–H and O–H groups in total. The van der Waals surface area contributed by atoms with E-state index in [1.807, 2.05) is 43.3 Å². The van der Waals surface area contributed by atoms with Crippen molar-refractivity contribution in [2.24, 2.45) is 0 Å². The SMILES string of the molecule is COc1cc(/C=C(/C(=O)c2ccc(C)cc2)c2nc3ccccc3o2)cc(OC)c1OC. The summed E-state index contributed by atoms with van der Waals surface area (Å²) < 4.78 is 22.3. The maximum absolute atomic E-state index is 13.5. The first-order valence-electron chi connectivity index (χ1n) is 10.0. The number of aryl methyl sites for hydroxylation is 1. The number of rotatable bonds is 7. The van der Waals surface area contributed by atoms with E-state index in [-0.39, 0.29) is 11.7 Å². The van der Waals surface area contributed by atoms with E-state index in [1.165, 1.54) is 0 Å². The van der Waals surface area contributed by atoms with Crippen molar-refractivity contribution in [3.8, 4) is 17.2 Å². The molecule has 3 aromatic carbocycles. The summed E-state index contributed by atoms with van der Waals surface area (Å²) >= 11 is 0.